The summed E-state index contributed by atoms with van der Waals surface area (Å²) in [5, 5.41) is 0. The van der Waals surface area contributed by atoms with Crippen molar-refractivity contribution in [3.63, 3.8) is 0 Å². The van der Waals surface area contributed by atoms with Gasteiger partial charge in [0.05, 0.1) is 0 Å². The predicted octanol–water partition coefficient (Wildman–Crippen LogP) is 1.53. The smallest absolute Gasteiger partial charge is 0.260 e. The van der Waals surface area contributed by atoms with E-state index >= 15 is 0 Å². The van der Waals surface area contributed by atoms with Gasteiger partial charge in [-0.1, -0.05) is 24.3 Å². The van der Waals surface area contributed by atoms with Gasteiger partial charge >= 0.3 is 0 Å². The third-order valence-corrected chi connectivity index (χ3v) is 6.78. The van der Waals surface area contributed by atoms with Crippen molar-refractivity contribution in [3.8, 4) is 23.0 Å². The molecule has 0 spiro atoms. The van der Waals surface area contributed by atoms with Crippen LogP contribution in [-0.2, 0) is 19.2 Å². The third-order valence-electron chi connectivity index (χ3n) is 6.78. The summed E-state index contributed by atoms with van der Waals surface area (Å²) in [5.41, 5.74) is 0. The molecule has 12 nitrogen and oxygen atoms in total. The van der Waals surface area contributed by atoms with Crippen molar-refractivity contribution in [1.82, 2.24) is 19.6 Å². The molecule has 12 heteroatoms. The molecule has 1 aliphatic rings. The van der Waals surface area contributed by atoms with E-state index in [1.54, 1.807) is 76.7 Å². The van der Waals surface area contributed by atoms with Crippen LogP contribution in [0.5, 0.6) is 23.0 Å². The molecule has 0 aromatic heterocycles. The van der Waals surface area contributed by atoms with Gasteiger partial charge in [-0.15, -0.1) is 0 Å². The molecule has 0 bridgehead atoms. The lowest BCUT2D eigenvalue weighted by molar-refractivity contribution is -0.134. The molecule has 1 heterocycles. The van der Waals surface area contributed by atoms with Gasteiger partial charge in [0.15, 0.2) is 49.4 Å². The SMILES string of the molecule is CN1CCCN(C)C(=O)COc2ccccc2OCC(=O)N(C)CCCN(C)C(=O)COc2ccccc2OCC1=O. The van der Waals surface area contributed by atoms with Crippen LogP contribution in [0.3, 0.4) is 0 Å². The van der Waals surface area contributed by atoms with Crippen molar-refractivity contribution in [2.75, 3.05) is 80.8 Å². The Morgan fingerprint density at radius 2 is 0.643 bits per heavy atom. The zero-order valence-electron chi connectivity index (χ0n) is 24.7. The molecule has 42 heavy (non-hydrogen) atoms. The first-order valence-corrected chi connectivity index (χ1v) is 13.8. The van der Waals surface area contributed by atoms with Gasteiger partial charge in [0, 0.05) is 54.4 Å². The van der Waals surface area contributed by atoms with Crippen molar-refractivity contribution < 1.29 is 38.1 Å². The maximum atomic E-state index is 12.6. The molecule has 0 saturated carbocycles. The molecule has 2 aromatic carbocycles. The minimum Gasteiger partial charge on any atom is -0.480 e. The van der Waals surface area contributed by atoms with Crippen molar-refractivity contribution in [2.45, 2.75) is 12.8 Å². The van der Waals surface area contributed by atoms with Gasteiger partial charge in [-0.05, 0) is 37.1 Å². The first kappa shape index (κ1) is 32.0. The second-order valence-corrected chi connectivity index (χ2v) is 10.0. The van der Waals surface area contributed by atoms with Crippen molar-refractivity contribution in [3.05, 3.63) is 48.5 Å². The summed E-state index contributed by atoms with van der Waals surface area (Å²) >= 11 is 0. The summed E-state index contributed by atoms with van der Waals surface area (Å²) in [4.78, 5) is 56.7. The van der Waals surface area contributed by atoms with Crippen LogP contribution in [0.15, 0.2) is 48.5 Å². The maximum Gasteiger partial charge on any atom is 0.260 e. The lowest BCUT2D eigenvalue weighted by Crippen LogP contribution is -2.37. The van der Waals surface area contributed by atoms with Gasteiger partial charge in [0.1, 0.15) is 0 Å². The number of nitrogens with zero attached hydrogens (tertiary/aromatic N) is 4. The van der Waals surface area contributed by atoms with Gasteiger partial charge in [-0.3, -0.25) is 19.2 Å². The highest BCUT2D eigenvalue weighted by molar-refractivity contribution is 5.79. The average Bonchev–Trinajstić information content (AvgIpc) is 2.99. The molecule has 2 aromatic rings. The Hall–Kier alpha value is -4.48. The Morgan fingerprint density at radius 3 is 0.857 bits per heavy atom. The normalized spacial score (nSPS) is 17.8. The van der Waals surface area contributed by atoms with Crippen LogP contribution < -0.4 is 18.9 Å². The molecular formula is C30H40N4O8. The standard InChI is InChI=1S/C30H40N4O8/c1-31-15-9-16-32(2)28(36)20-41-25-13-7-8-14-26(25)42-22-30(38)34(4)18-10-17-33(3)29(37)21-40-24-12-6-5-11-23(24)39-19-27(31)35/h5-8,11-14H,9-10,15-22H2,1-4H3. The fourth-order valence-electron chi connectivity index (χ4n) is 3.96. The highest BCUT2D eigenvalue weighted by Gasteiger charge is 2.17. The second kappa shape index (κ2) is 16.1. The van der Waals surface area contributed by atoms with Crippen molar-refractivity contribution in [1.29, 1.82) is 0 Å². The van der Waals surface area contributed by atoms with Crippen LogP contribution in [-0.4, -0.2) is 124 Å². The molecule has 228 valence electrons. The Morgan fingerprint density at radius 1 is 0.429 bits per heavy atom. The van der Waals surface area contributed by atoms with Crippen molar-refractivity contribution in [2.24, 2.45) is 0 Å². The number of likely N-dealkylation sites (N-methyl/N-ethyl adjacent to an activating group) is 4. The number of carbonyl (C=O) groups excluding carboxylic acids is 4. The van der Waals surface area contributed by atoms with Gasteiger partial charge in [0.25, 0.3) is 23.6 Å². The van der Waals surface area contributed by atoms with E-state index in [-0.39, 0.29) is 50.1 Å². The number of hydrogen-bond acceptors (Lipinski definition) is 8. The predicted molar refractivity (Wildman–Crippen MR) is 155 cm³/mol. The van der Waals surface area contributed by atoms with E-state index in [0.717, 1.165) is 0 Å². The van der Waals surface area contributed by atoms with Crippen LogP contribution in [0.2, 0.25) is 0 Å². The molecular weight excluding hydrogens is 544 g/mol. The average molecular weight is 585 g/mol. The summed E-state index contributed by atoms with van der Waals surface area (Å²) in [7, 11) is 6.67. The van der Waals surface area contributed by atoms with Gasteiger partial charge < -0.3 is 38.5 Å². The fraction of sp³-hybridized carbons (Fsp3) is 0.467. The number of para-hydroxylation sites is 4. The van der Waals surface area contributed by atoms with E-state index in [9.17, 15) is 19.2 Å². The Balaban J connectivity index is 1.68. The van der Waals surface area contributed by atoms with Gasteiger partial charge in [0.2, 0.25) is 0 Å². The highest BCUT2D eigenvalue weighted by atomic mass is 16.5. The largest absolute Gasteiger partial charge is 0.480 e. The first-order chi connectivity index (χ1) is 20.2. The molecule has 0 N–H and O–H groups in total. The summed E-state index contributed by atoms with van der Waals surface area (Å²) in [5.74, 6) is 0.462. The van der Waals surface area contributed by atoms with Gasteiger partial charge in [-0.25, -0.2) is 0 Å². The molecule has 0 saturated heterocycles. The summed E-state index contributed by atoms with van der Waals surface area (Å²) in [6, 6.07) is 13.7. The zero-order valence-corrected chi connectivity index (χ0v) is 24.7. The number of amides is 4. The lowest BCUT2D eigenvalue weighted by atomic mass is 10.3. The molecule has 0 radical (unpaired) electrons. The summed E-state index contributed by atoms with van der Waals surface area (Å²) in [6.07, 6.45) is 1.10. The minimum absolute atomic E-state index is 0.207. The molecule has 0 unspecified atom stereocenters. The molecule has 0 aliphatic carbocycles. The zero-order chi connectivity index (χ0) is 30.5. The van der Waals surface area contributed by atoms with E-state index in [0.29, 0.717) is 62.0 Å². The number of fused-ring (bicyclic) bond motifs is 2. The quantitative estimate of drug-likeness (QED) is 0.458. The van der Waals surface area contributed by atoms with Crippen LogP contribution in [0.25, 0.3) is 0 Å². The van der Waals surface area contributed by atoms with Crippen LogP contribution >= 0.6 is 0 Å². The molecule has 0 fully saturated rings. The van der Waals surface area contributed by atoms with E-state index < -0.39 is 0 Å². The lowest BCUT2D eigenvalue weighted by Gasteiger charge is -2.22. The molecule has 0 atom stereocenters. The Labute approximate surface area is 246 Å². The topological polar surface area (TPSA) is 118 Å². The maximum absolute atomic E-state index is 12.6. The summed E-state index contributed by atoms with van der Waals surface area (Å²) in [6.45, 7) is 0.833. The van der Waals surface area contributed by atoms with E-state index in [4.69, 9.17) is 18.9 Å². The number of ether oxygens (including phenoxy) is 4. The Kier molecular flexibility index (Phi) is 12.3. The van der Waals surface area contributed by atoms with E-state index in [2.05, 4.69) is 0 Å². The molecule has 4 amide bonds. The number of rotatable bonds is 0. The van der Waals surface area contributed by atoms with E-state index in [1.165, 1.54) is 19.6 Å². The van der Waals surface area contributed by atoms with Crippen molar-refractivity contribution >= 4 is 23.6 Å². The minimum atomic E-state index is -0.237. The van der Waals surface area contributed by atoms with Crippen LogP contribution in [0.4, 0.5) is 0 Å². The van der Waals surface area contributed by atoms with Crippen LogP contribution in [0, 0.1) is 0 Å². The monoisotopic (exact) mass is 584 g/mol. The third kappa shape index (κ3) is 9.86. The number of benzene rings is 2. The van der Waals surface area contributed by atoms with Crippen LogP contribution in [0.1, 0.15) is 12.8 Å². The molecule has 3 rings (SSSR count). The second-order valence-electron chi connectivity index (χ2n) is 10.0. The van der Waals surface area contributed by atoms with Gasteiger partial charge in [-0.2, -0.15) is 0 Å². The first-order valence-electron chi connectivity index (χ1n) is 13.8. The fourth-order valence-corrected chi connectivity index (χ4v) is 3.96. The number of hydrogen-bond donors (Lipinski definition) is 0. The Bertz CT molecular complexity index is 1040. The summed E-state index contributed by atoms with van der Waals surface area (Å²) < 4.78 is 22.8. The molecule has 1 aliphatic heterocycles. The number of carbonyl (C=O) groups is 4. The van der Waals surface area contributed by atoms with E-state index in [1.807, 2.05) is 0 Å². The highest BCUT2D eigenvalue weighted by Crippen LogP contribution is 2.27.